The number of aliphatic hydroxyl groups is 1. The molecule has 2 atom stereocenters. The molecular formula is C27H30N2O6. The second kappa shape index (κ2) is 9.92. The zero-order chi connectivity index (χ0) is 25.2. The normalized spacial score (nSPS) is 17.9. The van der Waals surface area contributed by atoms with Gasteiger partial charge in [0.05, 0.1) is 30.9 Å². The fourth-order valence-electron chi connectivity index (χ4n) is 4.15. The summed E-state index contributed by atoms with van der Waals surface area (Å²) >= 11 is 0. The zero-order valence-corrected chi connectivity index (χ0v) is 20.4. The van der Waals surface area contributed by atoms with Crippen LogP contribution in [0.3, 0.4) is 0 Å². The molecule has 0 bridgehead atoms. The summed E-state index contributed by atoms with van der Waals surface area (Å²) in [6, 6.07) is 16.3. The lowest BCUT2D eigenvalue weighted by Gasteiger charge is -2.27. The molecular weight excluding hydrogens is 448 g/mol. The number of rotatable bonds is 6. The van der Waals surface area contributed by atoms with Crippen LogP contribution in [0, 0.1) is 0 Å². The molecule has 1 fully saturated rings. The lowest BCUT2D eigenvalue weighted by molar-refractivity contribution is -0.126. The monoisotopic (exact) mass is 478 g/mol. The molecule has 0 spiro atoms. The highest BCUT2D eigenvalue weighted by atomic mass is 16.6. The van der Waals surface area contributed by atoms with Crippen LogP contribution in [-0.4, -0.2) is 64.9 Å². The van der Waals surface area contributed by atoms with Crippen LogP contribution in [-0.2, 0) is 9.53 Å². The molecule has 184 valence electrons. The van der Waals surface area contributed by atoms with Crippen molar-refractivity contribution in [2.75, 3.05) is 20.3 Å². The van der Waals surface area contributed by atoms with Gasteiger partial charge in [-0.3, -0.25) is 9.69 Å². The fraction of sp³-hybridized carbons (Fsp3) is 0.370. The molecule has 4 rings (SSSR count). The third-order valence-corrected chi connectivity index (χ3v) is 5.76. The van der Waals surface area contributed by atoms with Gasteiger partial charge >= 0.3 is 6.09 Å². The second-order valence-electron chi connectivity index (χ2n) is 9.50. The first kappa shape index (κ1) is 24.5. The smallest absolute Gasteiger partial charge is 0.411 e. The Bertz CT molecular complexity index is 1220. The number of fused-ring (bicyclic) bond motifs is 1. The van der Waals surface area contributed by atoms with Crippen molar-refractivity contribution < 1.29 is 28.9 Å². The van der Waals surface area contributed by atoms with Crippen molar-refractivity contribution in [1.29, 1.82) is 0 Å². The zero-order valence-electron chi connectivity index (χ0n) is 20.4. The number of aromatic nitrogens is 1. The van der Waals surface area contributed by atoms with Crippen LogP contribution in [0.4, 0.5) is 4.79 Å². The molecule has 0 aliphatic carbocycles. The maximum Gasteiger partial charge on any atom is 0.411 e. The number of benzene rings is 2. The maximum absolute atomic E-state index is 12.8. The predicted molar refractivity (Wildman–Crippen MR) is 132 cm³/mol. The van der Waals surface area contributed by atoms with Crippen LogP contribution in [0.2, 0.25) is 0 Å². The van der Waals surface area contributed by atoms with E-state index in [1.807, 2.05) is 54.6 Å². The van der Waals surface area contributed by atoms with Crippen molar-refractivity contribution in [1.82, 2.24) is 9.88 Å². The summed E-state index contributed by atoms with van der Waals surface area (Å²) in [6.45, 7) is 4.79. The Morgan fingerprint density at radius 1 is 1.11 bits per heavy atom. The van der Waals surface area contributed by atoms with E-state index in [0.717, 1.165) is 16.6 Å². The maximum atomic E-state index is 12.8. The molecule has 0 unspecified atom stereocenters. The fourth-order valence-corrected chi connectivity index (χ4v) is 4.15. The van der Waals surface area contributed by atoms with Gasteiger partial charge in [0, 0.05) is 29.5 Å². The largest absolute Gasteiger partial charge is 0.497 e. The van der Waals surface area contributed by atoms with E-state index >= 15 is 0 Å². The summed E-state index contributed by atoms with van der Waals surface area (Å²) in [6.07, 6.45) is -0.830. The molecule has 1 aromatic heterocycles. The van der Waals surface area contributed by atoms with E-state index < -0.39 is 36.2 Å². The standard InChI is InChI=1S/C27H30N2O6/c1-27(2,3)35-26(32)29-15-19(13-23(29)24(31)16-30)34-25-14-21(17-8-6-5-7-9-17)28-22-12-18(33-4)10-11-20(22)25/h5-12,14,19,23,30H,13,15-16H2,1-4H3/t19-,23+/m1/s1. The highest BCUT2D eigenvalue weighted by Crippen LogP contribution is 2.34. The Morgan fingerprint density at radius 2 is 1.86 bits per heavy atom. The van der Waals surface area contributed by atoms with E-state index in [0.29, 0.717) is 17.0 Å². The number of hydrogen-bond donors (Lipinski definition) is 1. The molecule has 2 heterocycles. The minimum absolute atomic E-state index is 0.159. The predicted octanol–water partition coefficient (Wildman–Crippen LogP) is 4.23. The van der Waals surface area contributed by atoms with Gasteiger partial charge in [0.1, 0.15) is 29.8 Å². The number of methoxy groups -OCH3 is 1. The summed E-state index contributed by atoms with van der Waals surface area (Å²) in [5.41, 5.74) is 1.64. The van der Waals surface area contributed by atoms with Crippen LogP contribution < -0.4 is 9.47 Å². The summed E-state index contributed by atoms with van der Waals surface area (Å²) in [4.78, 5) is 31.4. The molecule has 3 aromatic rings. The van der Waals surface area contributed by atoms with Crippen molar-refractivity contribution in [2.45, 2.75) is 44.9 Å². The summed E-state index contributed by atoms with van der Waals surface area (Å²) in [7, 11) is 1.60. The Labute approximate surface area is 204 Å². The second-order valence-corrected chi connectivity index (χ2v) is 9.50. The van der Waals surface area contributed by atoms with Crippen molar-refractivity contribution in [2.24, 2.45) is 0 Å². The third-order valence-electron chi connectivity index (χ3n) is 5.76. The van der Waals surface area contributed by atoms with Crippen LogP contribution in [0.5, 0.6) is 11.5 Å². The summed E-state index contributed by atoms with van der Waals surface area (Å²) in [5.74, 6) is 0.811. The van der Waals surface area contributed by atoms with Gasteiger partial charge in [0.25, 0.3) is 0 Å². The first-order chi connectivity index (χ1) is 16.7. The topological polar surface area (TPSA) is 98.2 Å². The van der Waals surface area contributed by atoms with E-state index in [-0.39, 0.29) is 13.0 Å². The molecule has 0 radical (unpaired) electrons. The Kier molecular flexibility index (Phi) is 6.93. The van der Waals surface area contributed by atoms with E-state index in [2.05, 4.69) is 0 Å². The first-order valence-corrected chi connectivity index (χ1v) is 11.5. The lowest BCUT2D eigenvalue weighted by Crippen LogP contribution is -2.44. The van der Waals surface area contributed by atoms with Gasteiger partial charge in [-0.15, -0.1) is 0 Å². The van der Waals surface area contributed by atoms with Crippen molar-refractivity contribution in [3.63, 3.8) is 0 Å². The minimum atomic E-state index is -0.818. The van der Waals surface area contributed by atoms with E-state index in [4.69, 9.17) is 19.2 Å². The summed E-state index contributed by atoms with van der Waals surface area (Å²) in [5, 5.41) is 10.3. The van der Waals surface area contributed by atoms with Crippen LogP contribution >= 0.6 is 0 Å². The first-order valence-electron chi connectivity index (χ1n) is 11.5. The Balaban J connectivity index is 1.68. The van der Waals surface area contributed by atoms with Crippen LogP contribution in [0.25, 0.3) is 22.2 Å². The molecule has 1 saturated heterocycles. The van der Waals surface area contributed by atoms with E-state index in [1.54, 1.807) is 27.9 Å². The van der Waals surface area contributed by atoms with Crippen LogP contribution in [0.1, 0.15) is 27.2 Å². The molecule has 1 N–H and O–H groups in total. The van der Waals surface area contributed by atoms with Gasteiger partial charge in [-0.25, -0.2) is 9.78 Å². The molecule has 1 aliphatic heterocycles. The number of hydrogen-bond acceptors (Lipinski definition) is 7. The highest BCUT2D eigenvalue weighted by molar-refractivity contribution is 5.90. The number of pyridine rings is 1. The molecule has 8 heteroatoms. The number of nitrogens with zero attached hydrogens (tertiary/aromatic N) is 2. The quantitative estimate of drug-likeness (QED) is 0.566. The van der Waals surface area contributed by atoms with Crippen molar-refractivity contribution >= 4 is 22.8 Å². The minimum Gasteiger partial charge on any atom is -0.497 e. The number of amides is 1. The number of carbonyl (C=O) groups excluding carboxylic acids is 2. The number of aliphatic hydroxyl groups excluding tert-OH is 1. The molecule has 35 heavy (non-hydrogen) atoms. The number of carbonyl (C=O) groups is 2. The lowest BCUT2D eigenvalue weighted by atomic mass is 10.1. The molecule has 2 aromatic carbocycles. The Hall–Kier alpha value is -3.65. The molecule has 8 nitrogen and oxygen atoms in total. The van der Waals surface area contributed by atoms with Crippen molar-refractivity contribution in [3.05, 3.63) is 54.6 Å². The van der Waals surface area contributed by atoms with Crippen LogP contribution in [0.15, 0.2) is 54.6 Å². The molecule has 1 amide bonds. The van der Waals surface area contributed by atoms with E-state index in [9.17, 15) is 14.7 Å². The van der Waals surface area contributed by atoms with E-state index in [1.165, 1.54) is 4.90 Å². The van der Waals surface area contributed by atoms with Gasteiger partial charge in [0.2, 0.25) is 0 Å². The SMILES string of the molecule is COc1ccc2c(O[C@@H]3C[C@@H](C(=O)CO)N(C(=O)OC(C)(C)C)C3)cc(-c3ccccc3)nc2c1. The molecule has 0 saturated carbocycles. The third kappa shape index (κ3) is 5.54. The number of ether oxygens (including phenoxy) is 3. The highest BCUT2D eigenvalue weighted by Gasteiger charge is 2.42. The Morgan fingerprint density at radius 3 is 2.51 bits per heavy atom. The average molecular weight is 479 g/mol. The molecule has 1 aliphatic rings. The van der Waals surface area contributed by atoms with Gasteiger partial charge < -0.3 is 19.3 Å². The average Bonchev–Trinajstić information content (AvgIpc) is 3.26. The number of likely N-dealkylation sites (tertiary alicyclic amines) is 1. The van der Waals surface area contributed by atoms with Gasteiger partial charge in [-0.05, 0) is 32.9 Å². The van der Waals surface area contributed by atoms with Gasteiger partial charge in [-0.1, -0.05) is 30.3 Å². The van der Waals surface area contributed by atoms with Gasteiger partial charge in [-0.2, -0.15) is 0 Å². The number of ketones is 1. The summed E-state index contributed by atoms with van der Waals surface area (Å²) < 4.78 is 17.3. The number of Topliss-reactive ketones (excluding diaryl/α,β-unsaturated/α-hetero) is 1. The van der Waals surface area contributed by atoms with Crippen molar-refractivity contribution in [3.8, 4) is 22.8 Å². The van der Waals surface area contributed by atoms with Gasteiger partial charge in [0.15, 0.2) is 5.78 Å².